The van der Waals surface area contributed by atoms with Crippen molar-refractivity contribution in [2.45, 2.75) is 13.8 Å². The highest BCUT2D eigenvalue weighted by Crippen LogP contribution is 2.16. The number of rotatable bonds is 5. The Hall–Kier alpha value is -1.26. The van der Waals surface area contributed by atoms with Gasteiger partial charge in [-0.2, -0.15) is 0 Å². The van der Waals surface area contributed by atoms with Gasteiger partial charge in [0.1, 0.15) is 12.4 Å². The first-order valence-corrected chi connectivity index (χ1v) is 5.14. The molecule has 3 nitrogen and oxygen atoms in total. The van der Waals surface area contributed by atoms with Crippen LogP contribution in [0.1, 0.15) is 21.5 Å². The van der Waals surface area contributed by atoms with Crippen LogP contribution in [-0.4, -0.2) is 25.5 Å². The highest BCUT2D eigenvalue weighted by atomic mass is 19.1. The van der Waals surface area contributed by atoms with Crippen molar-refractivity contribution < 1.29 is 13.9 Å². The van der Waals surface area contributed by atoms with Gasteiger partial charge in [-0.3, -0.25) is 4.79 Å². The van der Waals surface area contributed by atoms with Crippen molar-refractivity contribution in [3.63, 3.8) is 0 Å². The van der Waals surface area contributed by atoms with Gasteiger partial charge in [-0.05, 0) is 31.0 Å². The molecule has 0 aliphatic heterocycles. The number of hydrogen-bond donors (Lipinski definition) is 1. The number of benzene rings is 1. The summed E-state index contributed by atoms with van der Waals surface area (Å²) in [6.07, 6.45) is 0. The molecule has 1 aromatic carbocycles. The maximum Gasteiger partial charge on any atom is 0.191 e. The fraction of sp³-hybridized carbons (Fsp3) is 0.417. The molecular weight excluding hydrogens is 209 g/mol. The smallest absolute Gasteiger partial charge is 0.191 e. The van der Waals surface area contributed by atoms with Crippen LogP contribution in [0.5, 0.6) is 0 Å². The van der Waals surface area contributed by atoms with E-state index in [0.717, 1.165) is 5.56 Å². The zero-order valence-corrected chi connectivity index (χ0v) is 9.55. The van der Waals surface area contributed by atoms with Gasteiger partial charge in [0.25, 0.3) is 0 Å². The Kier molecular flexibility index (Phi) is 4.58. The van der Waals surface area contributed by atoms with Gasteiger partial charge >= 0.3 is 0 Å². The molecule has 2 N–H and O–H groups in total. The summed E-state index contributed by atoms with van der Waals surface area (Å²) in [5, 5.41) is 0. The number of ketones is 1. The van der Waals surface area contributed by atoms with E-state index in [-0.39, 0.29) is 18.0 Å². The molecule has 16 heavy (non-hydrogen) atoms. The van der Waals surface area contributed by atoms with Gasteiger partial charge in [0.2, 0.25) is 0 Å². The predicted molar refractivity (Wildman–Crippen MR) is 60.1 cm³/mol. The van der Waals surface area contributed by atoms with Crippen molar-refractivity contribution in [3.05, 3.63) is 34.6 Å². The Bertz CT molecular complexity index is 368. The van der Waals surface area contributed by atoms with Gasteiger partial charge in [-0.15, -0.1) is 0 Å². The number of halogens is 1. The van der Waals surface area contributed by atoms with Crippen LogP contribution in [0, 0.1) is 19.7 Å². The SMILES string of the molecule is Cc1cc(C)c(C(=O)COCCN)c(F)c1. The van der Waals surface area contributed by atoms with Crippen molar-refractivity contribution in [2.75, 3.05) is 19.8 Å². The summed E-state index contributed by atoms with van der Waals surface area (Å²) in [5.41, 5.74) is 6.77. The van der Waals surface area contributed by atoms with Crippen molar-refractivity contribution >= 4 is 5.78 Å². The van der Waals surface area contributed by atoms with Crippen LogP contribution >= 0.6 is 0 Å². The van der Waals surface area contributed by atoms with Crippen LogP contribution in [-0.2, 0) is 4.74 Å². The number of carbonyl (C=O) groups excluding carboxylic acids is 1. The molecule has 0 aromatic heterocycles. The fourth-order valence-electron chi connectivity index (χ4n) is 1.59. The third-order valence-corrected chi connectivity index (χ3v) is 2.21. The highest BCUT2D eigenvalue weighted by molar-refractivity contribution is 5.98. The van der Waals surface area contributed by atoms with Crippen molar-refractivity contribution in [1.29, 1.82) is 0 Å². The van der Waals surface area contributed by atoms with E-state index in [1.807, 2.05) is 0 Å². The van der Waals surface area contributed by atoms with Gasteiger partial charge in [-0.1, -0.05) is 6.07 Å². The third-order valence-electron chi connectivity index (χ3n) is 2.21. The summed E-state index contributed by atoms with van der Waals surface area (Å²) in [6.45, 7) is 4.03. The summed E-state index contributed by atoms with van der Waals surface area (Å²) < 4.78 is 18.6. The molecule has 0 atom stereocenters. The van der Waals surface area contributed by atoms with Crippen molar-refractivity contribution in [1.82, 2.24) is 0 Å². The lowest BCUT2D eigenvalue weighted by Gasteiger charge is -2.08. The quantitative estimate of drug-likeness (QED) is 0.611. The van der Waals surface area contributed by atoms with Crippen molar-refractivity contribution in [2.24, 2.45) is 5.73 Å². The van der Waals surface area contributed by atoms with Gasteiger partial charge < -0.3 is 10.5 Å². The molecule has 88 valence electrons. The minimum atomic E-state index is -0.487. The molecule has 0 fully saturated rings. The van der Waals surface area contributed by atoms with E-state index in [1.165, 1.54) is 6.07 Å². The van der Waals surface area contributed by atoms with E-state index < -0.39 is 5.82 Å². The van der Waals surface area contributed by atoms with Crippen LogP contribution in [0.15, 0.2) is 12.1 Å². The molecule has 0 bridgehead atoms. The average Bonchev–Trinajstić information content (AvgIpc) is 2.16. The fourth-order valence-corrected chi connectivity index (χ4v) is 1.59. The van der Waals surface area contributed by atoms with Crippen LogP contribution < -0.4 is 5.73 Å². The lowest BCUT2D eigenvalue weighted by molar-refractivity contribution is 0.0769. The molecule has 0 aliphatic carbocycles. The second kappa shape index (κ2) is 5.72. The molecule has 0 heterocycles. The van der Waals surface area contributed by atoms with Crippen LogP contribution in [0.3, 0.4) is 0 Å². The molecule has 1 rings (SSSR count). The summed E-state index contributed by atoms with van der Waals surface area (Å²) in [7, 11) is 0. The molecule has 0 unspecified atom stereocenters. The number of carbonyl (C=O) groups is 1. The van der Waals surface area contributed by atoms with Crippen LogP contribution in [0.4, 0.5) is 4.39 Å². The van der Waals surface area contributed by atoms with E-state index in [9.17, 15) is 9.18 Å². The molecule has 0 saturated carbocycles. The maximum absolute atomic E-state index is 13.6. The number of nitrogens with two attached hydrogens (primary N) is 1. The Morgan fingerprint density at radius 3 is 2.69 bits per heavy atom. The zero-order valence-electron chi connectivity index (χ0n) is 9.55. The predicted octanol–water partition coefficient (Wildman–Crippen LogP) is 1.60. The van der Waals surface area contributed by atoms with E-state index in [1.54, 1.807) is 19.9 Å². The second-order valence-electron chi connectivity index (χ2n) is 3.70. The van der Waals surface area contributed by atoms with E-state index in [0.29, 0.717) is 18.7 Å². The first kappa shape index (κ1) is 12.8. The Morgan fingerprint density at radius 1 is 1.44 bits per heavy atom. The standard InChI is InChI=1S/C12H16FNO2/c1-8-5-9(2)12(10(13)6-8)11(15)7-16-4-3-14/h5-6H,3-4,7,14H2,1-2H3. The van der Waals surface area contributed by atoms with Gasteiger partial charge in [0.05, 0.1) is 12.2 Å². The monoisotopic (exact) mass is 225 g/mol. The second-order valence-corrected chi connectivity index (χ2v) is 3.70. The van der Waals surface area contributed by atoms with Crippen LogP contribution in [0.25, 0.3) is 0 Å². The molecule has 4 heteroatoms. The van der Waals surface area contributed by atoms with E-state index in [2.05, 4.69) is 0 Å². The minimum Gasteiger partial charge on any atom is -0.372 e. The van der Waals surface area contributed by atoms with Gasteiger partial charge in [0, 0.05) is 6.54 Å². The summed E-state index contributed by atoms with van der Waals surface area (Å²) in [6, 6.07) is 3.13. The molecule has 0 spiro atoms. The Morgan fingerprint density at radius 2 is 2.12 bits per heavy atom. The molecular formula is C12H16FNO2. The Labute approximate surface area is 94.4 Å². The van der Waals surface area contributed by atoms with Crippen LogP contribution in [0.2, 0.25) is 0 Å². The molecule has 0 amide bonds. The summed E-state index contributed by atoms with van der Waals surface area (Å²) in [5.74, 6) is -0.831. The number of aryl methyl sites for hydroxylation is 2. The number of Topliss-reactive ketones (excluding diaryl/α,β-unsaturated/α-hetero) is 1. The third kappa shape index (κ3) is 3.12. The minimum absolute atomic E-state index is 0.114. The van der Waals surface area contributed by atoms with E-state index in [4.69, 9.17) is 10.5 Å². The maximum atomic E-state index is 13.6. The van der Waals surface area contributed by atoms with E-state index >= 15 is 0 Å². The summed E-state index contributed by atoms with van der Waals surface area (Å²) >= 11 is 0. The molecule has 0 aliphatic rings. The van der Waals surface area contributed by atoms with Crippen molar-refractivity contribution in [3.8, 4) is 0 Å². The Balaban J connectivity index is 2.83. The first-order valence-electron chi connectivity index (χ1n) is 5.14. The number of ether oxygens (including phenoxy) is 1. The average molecular weight is 225 g/mol. The molecule has 0 saturated heterocycles. The highest BCUT2D eigenvalue weighted by Gasteiger charge is 2.15. The lowest BCUT2D eigenvalue weighted by Crippen LogP contribution is -2.16. The topological polar surface area (TPSA) is 52.3 Å². The zero-order chi connectivity index (χ0) is 12.1. The largest absolute Gasteiger partial charge is 0.372 e. The lowest BCUT2D eigenvalue weighted by atomic mass is 10.0. The van der Waals surface area contributed by atoms with Gasteiger partial charge in [-0.25, -0.2) is 4.39 Å². The molecule has 1 aromatic rings. The molecule has 0 radical (unpaired) electrons. The summed E-state index contributed by atoms with van der Waals surface area (Å²) in [4.78, 5) is 11.7. The number of hydrogen-bond acceptors (Lipinski definition) is 3. The first-order chi connectivity index (χ1) is 7.56. The van der Waals surface area contributed by atoms with Gasteiger partial charge in [0.15, 0.2) is 5.78 Å². The normalized spacial score (nSPS) is 10.5.